The number of benzene rings is 2. The molecular formula is C20H20FN3O7S. The van der Waals surface area contributed by atoms with Gasteiger partial charge in [0.2, 0.25) is 15.9 Å². The molecule has 1 aliphatic rings. The first-order chi connectivity index (χ1) is 15.1. The van der Waals surface area contributed by atoms with Gasteiger partial charge in [0, 0.05) is 24.7 Å². The second kappa shape index (κ2) is 9.40. The molecule has 1 saturated heterocycles. The Hall–Kier alpha value is -3.38. The molecule has 3 rings (SSSR count). The summed E-state index contributed by atoms with van der Waals surface area (Å²) in [6.45, 7) is -0.347. The SMILES string of the molecule is NC(=O)c1ccc(COC(=O)C2CCCN(S(=O)(=O)c3ccc(F)cc3)C2)c([N+](=O)[O-])c1. The third-order valence-corrected chi connectivity index (χ3v) is 6.98. The molecule has 1 aliphatic heterocycles. The second-order valence-corrected chi connectivity index (χ2v) is 9.17. The van der Waals surface area contributed by atoms with Crippen LogP contribution in [0.15, 0.2) is 47.4 Å². The Bertz CT molecular complexity index is 1150. The zero-order valence-corrected chi connectivity index (χ0v) is 17.6. The lowest BCUT2D eigenvalue weighted by molar-refractivity contribution is -0.385. The molecule has 0 radical (unpaired) electrons. The smallest absolute Gasteiger partial charge is 0.310 e. The van der Waals surface area contributed by atoms with E-state index in [0.717, 1.165) is 34.6 Å². The summed E-state index contributed by atoms with van der Waals surface area (Å²) in [5.41, 5.74) is 4.73. The Morgan fingerprint density at radius 2 is 1.91 bits per heavy atom. The molecule has 0 saturated carbocycles. The third-order valence-electron chi connectivity index (χ3n) is 5.11. The van der Waals surface area contributed by atoms with E-state index < -0.39 is 50.9 Å². The van der Waals surface area contributed by atoms with Crippen molar-refractivity contribution in [3.8, 4) is 0 Å². The maximum absolute atomic E-state index is 13.1. The maximum Gasteiger partial charge on any atom is 0.310 e. The fraction of sp³-hybridized carbons (Fsp3) is 0.300. The van der Waals surface area contributed by atoms with E-state index in [9.17, 15) is 32.5 Å². The van der Waals surface area contributed by atoms with Crippen LogP contribution in [-0.4, -0.2) is 42.6 Å². The van der Waals surface area contributed by atoms with E-state index in [0.29, 0.717) is 12.8 Å². The summed E-state index contributed by atoms with van der Waals surface area (Å²) in [6.07, 6.45) is 0.796. The summed E-state index contributed by atoms with van der Waals surface area (Å²) in [4.78, 5) is 34.2. The highest BCUT2D eigenvalue weighted by molar-refractivity contribution is 7.89. The number of primary amides is 1. The van der Waals surface area contributed by atoms with Gasteiger partial charge in [-0.2, -0.15) is 4.31 Å². The molecule has 0 aromatic heterocycles. The van der Waals surface area contributed by atoms with Crippen molar-refractivity contribution in [1.29, 1.82) is 0 Å². The van der Waals surface area contributed by atoms with Crippen LogP contribution in [0.1, 0.15) is 28.8 Å². The minimum absolute atomic E-state index is 0.0549. The van der Waals surface area contributed by atoms with Gasteiger partial charge in [0.05, 0.1) is 21.3 Å². The van der Waals surface area contributed by atoms with Crippen LogP contribution in [0.25, 0.3) is 0 Å². The standard InChI is InChI=1S/C20H20FN3O7S/c21-16-5-7-17(8-6-16)32(29,30)23-9-1-2-14(11-23)20(26)31-12-15-4-3-13(19(22)25)10-18(15)24(27)28/h3-8,10,14H,1-2,9,11-12H2,(H2,22,25). The Morgan fingerprint density at radius 3 is 2.53 bits per heavy atom. The summed E-state index contributed by atoms with van der Waals surface area (Å²) in [6, 6.07) is 7.96. The maximum atomic E-state index is 13.1. The molecule has 0 bridgehead atoms. The molecule has 170 valence electrons. The number of nitro benzene ring substituents is 1. The number of nitro groups is 1. The fourth-order valence-corrected chi connectivity index (χ4v) is 4.91. The zero-order chi connectivity index (χ0) is 23.5. The normalized spacial score (nSPS) is 17.0. The Labute approximate surface area is 183 Å². The molecule has 1 fully saturated rings. The number of hydrogen-bond acceptors (Lipinski definition) is 7. The minimum atomic E-state index is -3.92. The molecule has 1 heterocycles. The largest absolute Gasteiger partial charge is 0.460 e. The number of rotatable bonds is 7. The number of ether oxygens (including phenoxy) is 1. The highest BCUT2D eigenvalue weighted by Gasteiger charge is 2.34. The number of nitrogens with two attached hydrogens (primary N) is 1. The van der Waals surface area contributed by atoms with E-state index in [1.165, 1.54) is 12.1 Å². The first-order valence-corrected chi connectivity index (χ1v) is 11.0. The van der Waals surface area contributed by atoms with E-state index in [4.69, 9.17) is 10.5 Å². The number of piperidine rings is 1. The lowest BCUT2D eigenvalue weighted by atomic mass is 10.00. The molecule has 2 aromatic rings. The van der Waals surface area contributed by atoms with Crippen molar-refractivity contribution in [2.45, 2.75) is 24.3 Å². The van der Waals surface area contributed by atoms with Crippen LogP contribution in [-0.2, 0) is 26.2 Å². The molecule has 32 heavy (non-hydrogen) atoms. The van der Waals surface area contributed by atoms with E-state index in [2.05, 4.69) is 0 Å². The van der Waals surface area contributed by atoms with Crippen LogP contribution in [0, 0.1) is 21.8 Å². The summed E-state index contributed by atoms with van der Waals surface area (Å²) in [7, 11) is -3.92. The van der Waals surface area contributed by atoms with Gasteiger partial charge in [0.15, 0.2) is 0 Å². The van der Waals surface area contributed by atoms with Gasteiger partial charge in [-0.25, -0.2) is 12.8 Å². The monoisotopic (exact) mass is 465 g/mol. The average Bonchev–Trinajstić information content (AvgIpc) is 2.77. The first kappa shape index (κ1) is 23.3. The highest BCUT2D eigenvalue weighted by Crippen LogP contribution is 2.26. The van der Waals surface area contributed by atoms with Gasteiger partial charge in [-0.05, 0) is 49.2 Å². The van der Waals surface area contributed by atoms with Crippen LogP contribution in [0.2, 0.25) is 0 Å². The van der Waals surface area contributed by atoms with Gasteiger partial charge in [-0.3, -0.25) is 19.7 Å². The van der Waals surface area contributed by atoms with Gasteiger partial charge in [-0.1, -0.05) is 0 Å². The number of hydrogen-bond donors (Lipinski definition) is 1. The van der Waals surface area contributed by atoms with Crippen molar-refractivity contribution in [3.05, 3.63) is 69.5 Å². The summed E-state index contributed by atoms with van der Waals surface area (Å²) in [5, 5.41) is 11.3. The van der Waals surface area contributed by atoms with Crippen molar-refractivity contribution in [3.63, 3.8) is 0 Å². The molecular weight excluding hydrogens is 445 g/mol. The third kappa shape index (κ3) is 5.08. The van der Waals surface area contributed by atoms with E-state index in [1.807, 2.05) is 0 Å². The molecule has 2 aromatic carbocycles. The topological polar surface area (TPSA) is 150 Å². The van der Waals surface area contributed by atoms with Crippen molar-refractivity contribution in [2.75, 3.05) is 13.1 Å². The fourth-order valence-electron chi connectivity index (χ4n) is 3.38. The summed E-state index contributed by atoms with van der Waals surface area (Å²) in [5.74, 6) is -2.86. The predicted molar refractivity (Wildman–Crippen MR) is 109 cm³/mol. The van der Waals surface area contributed by atoms with Gasteiger partial charge in [-0.15, -0.1) is 0 Å². The Balaban J connectivity index is 1.69. The van der Waals surface area contributed by atoms with Crippen LogP contribution in [0.3, 0.4) is 0 Å². The number of halogens is 1. The van der Waals surface area contributed by atoms with Gasteiger partial charge in [0.1, 0.15) is 12.4 Å². The Kier molecular flexibility index (Phi) is 6.84. The first-order valence-electron chi connectivity index (χ1n) is 9.59. The molecule has 0 aliphatic carbocycles. The van der Waals surface area contributed by atoms with E-state index in [1.54, 1.807) is 0 Å². The summed E-state index contributed by atoms with van der Waals surface area (Å²) >= 11 is 0. The van der Waals surface area contributed by atoms with Crippen LogP contribution in [0.5, 0.6) is 0 Å². The number of carbonyl (C=O) groups is 2. The minimum Gasteiger partial charge on any atom is -0.460 e. The number of esters is 1. The second-order valence-electron chi connectivity index (χ2n) is 7.23. The lowest BCUT2D eigenvalue weighted by Crippen LogP contribution is -2.42. The molecule has 1 amide bonds. The number of amides is 1. The molecule has 1 unspecified atom stereocenters. The molecule has 2 N–H and O–H groups in total. The van der Waals surface area contributed by atoms with Crippen LogP contribution >= 0.6 is 0 Å². The Morgan fingerprint density at radius 1 is 1.22 bits per heavy atom. The van der Waals surface area contributed by atoms with Gasteiger partial charge >= 0.3 is 5.97 Å². The van der Waals surface area contributed by atoms with Crippen molar-refractivity contribution < 1.29 is 32.1 Å². The zero-order valence-electron chi connectivity index (χ0n) is 16.8. The number of carbonyl (C=O) groups excluding carboxylic acids is 2. The van der Waals surface area contributed by atoms with Crippen molar-refractivity contribution >= 4 is 27.6 Å². The molecule has 1 atom stereocenters. The summed E-state index contributed by atoms with van der Waals surface area (Å²) < 4.78 is 45.0. The van der Waals surface area contributed by atoms with E-state index >= 15 is 0 Å². The lowest BCUT2D eigenvalue weighted by Gasteiger charge is -2.30. The number of sulfonamides is 1. The quantitative estimate of drug-likeness (QED) is 0.373. The van der Waals surface area contributed by atoms with E-state index in [-0.39, 0.29) is 29.1 Å². The van der Waals surface area contributed by atoms with Gasteiger partial charge < -0.3 is 10.5 Å². The average molecular weight is 465 g/mol. The molecule has 0 spiro atoms. The predicted octanol–water partition coefficient (Wildman–Crippen LogP) is 1.98. The van der Waals surface area contributed by atoms with Gasteiger partial charge in [0.25, 0.3) is 5.69 Å². The van der Waals surface area contributed by atoms with Crippen LogP contribution < -0.4 is 5.73 Å². The van der Waals surface area contributed by atoms with Crippen molar-refractivity contribution in [1.82, 2.24) is 4.31 Å². The number of nitrogens with zero attached hydrogens (tertiary/aromatic N) is 2. The van der Waals surface area contributed by atoms with Crippen molar-refractivity contribution in [2.24, 2.45) is 11.7 Å². The molecule has 10 nitrogen and oxygen atoms in total. The highest BCUT2D eigenvalue weighted by atomic mass is 32.2. The van der Waals surface area contributed by atoms with Crippen LogP contribution in [0.4, 0.5) is 10.1 Å². The molecule has 12 heteroatoms.